The van der Waals surface area contributed by atoms with Gasteiger partial charge in [0.15, 0.2) is 0 Å². The molecule has 0 saturated heterocycles. The molecule has 0 atom stereocenters. The largest absolute Gasteiger partial charge is 0.379 e. The number of nitrogens with one attached hydrogen (secondary N) is 1. The van der Waals surface area contributed by atoms with Gasteiger partial charge in [-0.25, -0.2) is 0 Å². The highest BCUT2D eigenvalue weighted by Crippen LogP contribution is 2.10. The molecular formula is C13H14N2. The normalized spacial score (nSPS) is 9.93. The SMILES string of the molecule is Cc1cccc(NCc2ccccn2)c1. The fraction of sp³-hybridized carbons (Fsp3) is 0.154. The second kappa shape index (κ2) is 4.60. The molecule has 0 bridgehead atoms. The van der Waals surface area contributed by atoms with Gasteiger partial charge >= 0.3 is 0 Å². The smallest absolute Gasteiger partial charge is 0.0594 e. The van der Waals surface area contributed by atoms with E-state index in [-0.39, 0.29) is 0 Å². The fourth-order valence-corrected chi connectivity index (χ4v) is 1.45. The third kappa shape index (κ3) is 2.81. The molecule has 2 heteroatoms. The molecule has 76 valence electrons. The Bertz CT molecular complexity index is 424. The molecule has 0 spiro atoms. The number of nitrogens with zero attached hydrogens (tertiary/aromatic N) is 1. The highest BCUT2D eigenvalue weighted by molar-refractivity contribution is 5.45. The quantitative estimate of drug-likeness (QED) is 0.820. The third-order valence-corrected chi connectivity index (χ3v) is 2.22. The second-order valence-corrected chi connectivity index (χ2v) is 3.54. The number of rotatable bonds is 3. The predicted molar refractivity (Wildman–Crippen MR) is 62.7 cm³/mol. The van der Waals surface area contributed by atoms with Crippen molar-refractivity contribution in [1.29, 1.82) is 0 Å². The Hall–Kier alpha value is -1.83. The Morgan fingerprint density at radius 2 is 2.07 bits per heavy atom. The fourth-order valence-electron chi connectivity index (χ4n) is 1.45. The first kappa shape index (κ1) is 9.71. The predicted octanol–water partition coefficient (Wildman–Crippen LogP) is 3.00. The molecule has 0 saturated carbocycles. The van der Waals surface area contributed by atoms with Crippen molar-refractivity contribution in [2.75, 3.05) is 5.32 Å². The Morgan fingerprint density at radius 3 is 2.80 bits per heavy atom. The van der Waals surface area contributed by atoms with Crippen molar-refractivity contribution in [1.82, 2.24) is 4.98 Å². The lowest BCUT2D eigenvalue weighted by Crippen LogP contribution is -2.00. The summed E-state index contributed by atoms with van der Waals surface area (Å²) in [5.41, 5.74) is 3.46. The number of benzene rings is 1. The van der Waals surface area contributed by atoms with Crippen LogP contribution < -0.4 is 5.32 Å². The van der Waals surface area contributed by atoms with Crippen LogP contribution in [0.4, 0.5) is 5.69 Å². The minimum absolute atomic E-state index is 0.768. The average Bonchev–Trinajstić information content (AvgIpc) is 2.28. The topological polar surface area (TPSA) is 24.9 Å². The first-order valence-corrected chi connectivity index (χ1v) is 5.05. The minimum atomic E-state index is 0.768. The van der Waals surface area contributed by atoms with Crippen LogP contribution in [0, 0.1) is 6.92 Å². The van der Waals surface area contributed by atoms with Crippen LogP contribution in [0.2, 0.25) is 0 Å². The molecule has 0 aliphatic carbocycles. The molecule has 0 fully saturated rings. The van der Waals surface area contributed by atoms with E-state index < -0.39 is 0 Å². The van der Waals surface area contributed by atoms with Gasteiger partial charge in [-0.2, -0.15) is 0 Å². The van der Waals surface area contributed by atoms with Gasteiger partial charge in [-0.05, 0) is 36.8 Å². The molecule has 1 N–H and O–H groups in total. The number of aryl methyl sites for hydroxylation is 1. The van der Waals surface area contributed by atoms with Gasteiger partial charge in [0.1, 0.15) is 0 Å². The van der Waals surface area contributed by atoms with E-state index in [1.54, 1.807) is 0 Å². The van der Waals surface area contributed by atoms with Gasteiger partial charge in [-0.1, -0.05) is 18.2 Å². The van der Waals surface area contributed by atoms with Gasteiger partial charge < -0.3 is 5.32 Å². The Kier molecular flexibility index (Phi) is 2.98. The minimum Gasteiger partial charge on any atom is -0.379 e. The maximum absolute atomic E-state index is 4.25. The van der Waals surface area contributed by atoms with Gasteiger partial charge in [0.2, 0.25) is 0 Å². The molecule has 0 aliphatic rings. The van der Waals surface area contributed by atoms with E-state index in [0.29, 0.717) is 0 Å². The van der Waals surface area contributed by atoms with Gasteiger partial charge in [0, 0.05) is 11.9 Å². The molecule has 1 aromatic carbocycles. The number of hydrogen-bond donors (Lipinski definition) is 1. The van der Waals surface area contributed by atoms with Crippen molar-refractivity contribution in [3.8, 4) is 0 Å². The van der Waals surface area contributed by atoms with E-state index in [2.05, 4.69) is 41.5 Å². The van der Waals surface area contributed by atoms with Crippen molar-refractivity contribution in [2.24, 2.45) is 0 Å². The van der Waals surface area contributed by atoms with Crippen molar-refractivity contribution in [2.45, 2.75) is 13.5 Å². The van der Waals surface area contributed by atoms with Gasteiger partial charge in [0.05, 0.1) is 12.2 Å². The number of anilines is 1. The lowest BCUT2D eigenvalue weighted by molar-refractivity contribution is 1.05. The van der Waals surface area contributed by atoms with Crippen molar-refractivity contribution < 1.29 is 0 Å². The highest BCUT2D eigenvalue weighted by atomic mass is 14.9. The molecule has 0 radical (unpaired) electrons. The monoisotopic (exact) mass is 198 g/mol. The lowest BCUT2D eigenvalue weighted by atomic mass is 10.2. The molecule has 0 amide bonds. The van der Waals surface area contributed by atoms with E-state index in [1.807, 2.05) is 24.4 Å². The van der Waals surface area contributed by atoms with E-state index in [4.69, 9.17) is 0 Å². The van der Waals surface area contributed by atoms with E-state index in [1.165, 1.54) is 5.56 Å². The Balaban J connectivity index is 1.99. The summed E-state index contributed by atoms with van der Waals surface area (Å²) in [6, 6.07) is 14.3. The Labute approximate surface area is 90.0 Å². The van der Waals surface area contributed by atoms with Crippen LogP contribution in [0.15, 0.2) is 48.7 Å². The molecular weight excluding hydrogens is 184 g/mol. The molecule has 1 heterocycles. The summed E-state index contributed by atoms with van der Waals surface area (Å²) in [5.74, 6) is 0. The summed E-state index contributed by atoms with van der Waals surface area (Å²) in [7, 11) is 0. The number of aromatic nitrogens is 1. The van der Waals surface area contributed by atoms with Crippen LogP contribution in [0.1, 0.15) is 11.3 Å². The van der Waals surface area contributed by atoms with E-state index in [9.17, 15) is 0 Å². The zero-order chi connectivity index (χ0) is 10.5. The first-order valence-electron chi connectivity index (χ1n) is 5.05. The van der Waals surface area contributed by atoms with Gasteiger partial charge in [-0.3, -0.25) is 4.98 Å². The van der Waals surface area contributed by atoms with Crippen LogP contribution >= 0.6 is 0 Å². The van der Waals surface area contributed by atoms with Crippen molar-refractivity contribution in [3.05, 3.63) is 59.9 Å². The van der Waals surface area contributed by atoms with Crippen LogP contribution in [0.5, 0.6) is 0 Å². The average molecular weight is 198 g/mol. The number of pyridine rings is 1. The molecule has 1 aromatic heterocycles. The van der Waals surface area contributed by atoms with E-state index in [0.717, 1.165) is 17.9 Å². The van der Waals surface area contributed by atoms with Gasteiger partial charge in [-0.15, -0.1) is 0 Å². The van der Waals surface area contributed by atoms with Crippen LogP contribution in [-0.2, 0) is 6.54 Å². The zero-order valence-electron chi connectivity index (χ0n) is 8.77. The maximum Gasteiger partial charge on any atom is 0.0594 e. The van der Waals surface area contributed by atoms with Gasteiger partial charge in [0.25, 0.3) is 0 Å². The molecule has 2 aromatic rings. The molecule has 15 heavy (non-hydrogen) atoms. The summed E-state index contributed by atoms with van der Waals surface area (Å²) in [4.78, 5) is 4.25. The zero-order valence-corrected chi connectivity index (χ0v) is 8.77. The molecule has 0 aliphatic heterocycles. The second-order valence-electron chi connectivity index (χ2n) is 3.54. The third-order valence-electron chi connectivity index (χ3n) is 2.22. The summed E-state index contributed by atoms with van der Waals surface area (Å²) in [5, 5.41) is 3.34. The molecule has 2 rings (SSSR count). The van der Waals surface area contributed by atoms with Crippen molar-refractivity contribution >= 4 is 5.69 Å². The number of hydrogen-bond acceptors (Lipinski definition) is 2. The summed E-state index contributed by atoms with van der Waals surface area (Å²) < 4.78 is 0. The summed E-state index contributed by atoms with van der Waals surface area (Å²) in [6.45, 7) is 2.86. The first-order chi connectivity index (χ1) is 7.34. The lowest BCUT2D eigenvalue weighted by Gasteiger charge is -2.06. The van der Waals surface area contributed by atoms with Crippen LogP contribution in [0.3, 0.4) is 0 Å². The summed E-state index contributed by atoms with van der Waals surface area (Å²) >= 11 is 0. The highest BCUT2D eigenvalue weighted by Gasteiger charge is 1.94. The standard InChI is InChI=1S/C13H14N2/c1-11-5-4-7-12(9-11)15-10-13-6-2-3-8-14-13/h2-9,15H,10H2,1H3. The van der Waals surface area contributed by atoms with Crippen LogP contribution in [0.25, 0.3) is 0 Å². The Morgan fingerprint density at radius 1 is 1.13 bits per heavy atom. The maximum atomic E-state index is 4.25. The molecule has 2 nitrogen and oxygen atoms in total. The summed E-state index contributed by atoms with van der Waals surface area (Å²) in [6.07, 6.45) is 1.81. The molecule has 0 unspecified atom stereocenters. The van der Waals surface area contributed by atoms with Crippen LogP contribution in [-0.4, -0.2) is 4.98 Å². The van der Waals surface area contributed by atoms with E-state index >= 15 is 0 Å². The van der Waals surface area contributed by atoms with Crippen molar-refractivity contribution in [3.63, 3.8) is 0 Å².